The van der Waals surface area contributed by atoms with Crippen LogP contribution in [0, 0.1) is 15.9 Å². The van der Waals surface area contributed by atoms with Crippen molar-refractivity contribution < 1.29 is 18.8 Å². The van der Waals surface area contributed by atoms with E-state index in [-0.39, 0.29) is 17.5 Å². The largest absolute Gasteiger partial charge is 0.469 e. The number of benzene rings is 2. The predicted octanol–water partition coefficient (Wildman–Crippen LogP) is 3.13. The topological polar surface area (TPSA) is 81.5 Å². The van der Waals surface area contributed by atoms with E-state index in [0.717, 1.165) is 12.8 Å². The third kappa shape index (κ3) is 3.68. The van der Waals surface area contributed by atoms with Crippen molar-refractivity contribution >= 4 is 11.6 Å². The molecule has 124 valence electrons. The Bertz CT molecular complexity index is 759. The molecule has 2 aromatic carbocycles. The van der Waals surface area contributed by atoms with Gasteiger partial charge in [0.2, 0.25) is 6.10 Å². The standard InChI is InChI=1S/C17H15FN2O4/c18-12-7-5-11(6-8-12)16(17(21)19-13-9-10-13)24-15-4-2-1-3-14(15)20(22)23/h1-8,13,16H,9-10H2,(H,19,21). The summed E-state index contributed by atoms with van der Waals surface area (Å²) in [7, 11) is 0. The van der Waals surface area contributed by atoms with Crippen LogP contribution in [0.4, 0.5) is 10.1 Å². The Balaban J connectivity index is 1.91. The van der Waals surface area contributed by atoms with Crippen LogP contribution in [-0.4, -0.2) is 16.9 Å². The van der Waals surface area contributed by atoms with Crippen LogP contribution in [-0.2, 0) is 4.79 Å². The lowest BCUT2D eigenvalue weighted by Gasteiger charge is -2.19. The number of hydrogen-bond acceptors (Lipinski definition) is 4. The molecule has 1 atom stereocenters. The molecule has 1 N–H and O–H groups in total. The molecule has 7 heteroatoms. The van der Waals surface area contributed by atoms with Gasteiger partial charge in [-0.25, -0.2) is 4.39 Å². The van der Waals surface area contributed by atoms with Gasteiger partial charge in [0.25, 0.3) is 5.91 Å². The summed E-state index contributed by atoms with van der Waals surface area (Å²) >= 11 is 0. The van der Waals surface area contributed by atoms with Gasteiger partial charge in [-0.1, -0.05) is 24.3 Å². The number of hydrogen-bond donors (Lipinski definition) is 1. The van der Waals surface area contributed by atoms with Crippen LogP contribution in [0.2, 0.25) is 0 Å². The second-order valence-electron chi connectivity index (χ2n) is 5.56. The summed E-state index contributed by atoms with van der Waals surface area (Å²) in [6.07, 6.45) is 0.702. The molecule has 0 spiro atoms. The number of ether oxygens (including phenoxy) is 1. The molecule has 1 fully saturated rings. The van der Waals surface area contributed by atoms with E-state index in [2.05, 4.69) is 5.32 Å². The zero-order valence-electron chi connectivity index (χ0n) is 12.6. The molecule has 0 saturated heterocycles. The van der Waals surface area contributed by atoms with Gasteiger partial charge in [0.1, 0.15) is 5.82 Å². The van der Waals surface area contributed by atoms with Crippen molar-refractivity contribution in [1.29, 1.82) is 0 Å². The maximum atomic E-state index is 13.1. The second kappa shape index (κ2) is 6.66. The van der Waals surface area contributed by atoms with Gasteiger partial charge in [0.15, 0.2) is 5.75 Å². The molecule has 1 aliphatic rings. The van der Waals surface area contributed by atoms with Gasteiger partial charge >= 0.3 is 5.69 Å². The molecule has 2 aromatic rings. The smallest absolute Gasteiger partial charge is 0.310 e. The van der Waals surface area contributed by atoms with E-state index < -0.39 is 22.8 Å². The van der Waals surface area contributed by atoms with Crippen LogP contribution in [0.15, 0.2) is 48.5 Å². The normalized spacial score (nSPS) is 14.7. The Labute approximate surface area is 137 Å². The van der Waals surface area contributed by atoms with E-state index in [9.17, 15) is 19.3 Å². The van der Waals surface area contributed by atoms with Gasteiger partial charge < -0.3 is 10.1 Å². The Hall–Kier alpha value is -2.96. The Kier molecular flexibility index (Phi) is 4.41. The minimum absolute atomic E-state index is 0.0113. The molecule has 3 rings (SSSR count). The molecule has 1 amide bonds. The van der Waals surface area contributed by atoms with Crippen LogP contribution in [0.1, 0.15) is 24.5 Å². The highest BCUT2D eigenvalue weighted by atomic mass is 19.1. The zero-order chi connectivity index (χ0) is 17.1. The molecular formula is C17H15FN2O4. The Morgan fingerprint density at radius 2 is 1.88 bits per heavy atom. The maximum absolute atomic E-state index is 13.1. The summed E-state index contributed by atoms with van der Waals surface area (Å²) in [5.41, 5.74) is 0.191. The molecule has 0 aliphatic heterocycles. The van der Waals surface area contributed by atoms with Crippen molar-refractivity contribution in [3.63, 3.8) is 0 Å². The summed E-state index contributed by atoms with van der Waals surface area (Å²) < 4.78 is 18.8. The number of nitrogens with zero attached hydrogens (tertiary/aromatic N) is 1. The van der Waals surface area contributed by atoms with E-state index in [1.54, 1.807) is 6.07 Å². The van der Waals surface area contributed by atoms with Crippen molar-refractivity contribution in [2.24, 2.45) is 0 Å². The lowest BCUT2D eigenvalue weighted by molar-refractivity contribution is -0.386. The fourth-order valence-electron chi connectivity index (χ4n) is 2.25. The molecule has 0 bridgehead atoms. The van der Waals surface area contributed by atoms with Crippen LogP contribution in [0.3, 0.4) is 0 Å². The summed E-state index contributed by atoms with van der Waals surface area (Å²) in [6.45, 7) is 0. The molecule has 1 aliphatic carbocycles. The third-order valence-corrected chi connectivity index (χ3v) is 3.64. The molecule has 1 unspecified atom stereocenters. The number of nitro benzene ring substituents is 1. The SMILES string of the molecule is O=C(NC1CC1)C(Oc1ccccc1[N+](=O)[O-])c1ccc(F)cc1. The first-order valence-electron chi connectivity index (χ1n) is 7.50. The van der Waals surface area contributed by atoms with Crippen LogP contribution in [0.25, 0.3) is 0 Å². The number of para-hydroxylation sites is 2. The van der Waals surface area contributed by atoms with E-state index in [1.165, 1.54) is 42.5 Å². The summed E-state index contributed by atoms with van der Waals surface area (Å²) in [5, 5.41) is 13.9. The highest BCUT2D eigenvalue weighted by Gasteiger charge is 2.31. The minimum atomic E-state index is -1.09. The van der Waals surface area contributed by atoms with Crippen LogP contribution < -0.4 is 10.1 Å². The first kappa shape index (κ1) is 15.9. The van der Waals surface area contributed by atoms with Crippen molar-refractivity contribution in [1.82, 2.24) is 5.32 Å². The van der Waals surface area contributed by atoms with Crippen molar-refractivity contribution in [3.8, 4) is 5.75 Å². The highest BCUT2D eigenvalue weighted by molar-refractivity contribution is 5.83. The lowest BCUT2D eigenvalue weighted by Crippen LogP contribution is -2.34. The first-order valence-corrected chi connectivity index (χ1v) is 7.50. The van der Waals surface area contributed by atoms with Gasteiger partial charge in [0, 0.05) is 17.7 Å². The van der Waals surface area contributed by atoms with Gasteiger partial charge in [0.05, 0.1) is 4.92 Å². The predicted molar refractivity (Wildman–Crippen MR) is 84.0 cm³/mol. The molecule has 0 aromatic heterocycles. The third-order valence-electron chi connectivity index (χ3n) is 3.64. The second-order valence-corrected chi connectivity index (χ2v) is 5.56. The Morgan fingerprint density at radius 1 is 1.21 bits per heavy atom. The number of halogens is 1. The molecular weight excluding hydrogens is 315 g/mol. The number of rotatable bonds is 6. The molecule has 1 saturated carbocycles. The highest BCUT2D eigenvalue weighted by Crippen LogP contribution is 2.31. The van der Waals surface area contributed by atoms with Gasteiger partial charge in [-0.2, -0.15) is 0 Å². The molecule has 0 radical (unpaired) electrons. The summed E-state index contributed by atoms with van der Waals surface area (Å²) in [4.78, 5) is 23.0. The van der Waals surface area contributed by atoms with E-state index in [4.69, 9.17) is 4.74 Å². The number of carbonyl (C=O) groups excluding carboxylic acids is 1. The van der Waals surface area contributed by atoms with Crippen molar-refractivity contribution in [2.75, 3.05) is 0 Å². The van der Waals surface area contributed by atoms with E-state index in [1.807, 2.05) is 0 Å². The maximum Gasteiger partial charge on any atom is 0.310 e. The number of nitro groups is 1. The van der Waals surface area contributed by atoms with Crippen molar-refractivity contribution in [2.45, 2.75) is 25.0 Å². The zero-order valence-corrected chi connectivity index (χ0v) is 12.6. The fourth-order valence-corrected chi connectivity index (χ4v) is 2.25. The number of amides is 1. The van der Waals surface area contributed by atoms with Gasteiger partial charge in [-0.3, -0.25) is 14.9 Å². The molecule has 24 heavy (non-hydrogen) atoms. The quantitative estimate of drug-likeness (QED) is 0.652. The first-order chi connectivity index (χ1) is 11.5. The number of nitrogens with one attached hydrogen (secondary N) is 1. The minimum Gasteiger partial charge on any atom is -0.469 e. The average molecular weight is 330 g/mol. The molecule has 6 nitrogen and oxygen atoms in total. The summed E-state index contributed by atoms with van der Waals surface area (Å²) in [6, 6.07) is 11.2. The Morgan fingerprint density at radius 3 is 2.50 bits per heavy atom. The molecule has 0 heterocycles. The summed E-state index contributed by atoms with van der Waals surface area (Å²) in [5.74, 6) is -0.851. The fraction of sp³-hybridized carbons (Fsp3) is 0.235. The monoisotopic (exact) mass is 330 g/mol. The van der Waals surface area contributed by atoms with Crippen LogP contribution >= 0.6 is 0 Å². The van der Waals surface area contributed by atoms with Gasteiger partial charge in [-0.15, -0.1) is 0 Å². The van der Waals surface area contributed by atoms with Crippen LogP contribution in [0.5, 0.6) is 5.75 Å². The lowest BCUT2D eigenvalue weighted by atomic mass is 10.1. The van der Waals surface area contributed by atoms with E-state index >= 15 is 0 Å². The van der Waals surface area contributed by atoms with E-state index in [0.29, 0.717) is 5.56 Å². The van der Waals surface area contributed by atoms with Gasteiger partial charge in [-0.05, 0) is 31.0 Å². The number of carbonyl (C=O) groups is 1. The average Bonchev–Trinajstić information content (AvgIpc) is 3.37. The van der Waals surface area contributed by atoms with Crippen molar-refractivity contribution in [3.05, 3.63) is 70.0 Å².